The number of hydrogen-bond donors (Lipinski definition) is 2. The molecule has 3 rings (SSSR count). The molecule has 0 aliphatic heterocycles. The van der Waals surface area contributed by atoms with Gasteiger partial charge < -0.3 is 19.9 Å². The Bertz CT molecular complexity index is 774. The highest BCUT2D eigenvalue weighted by molar-refractivity contribution is 5.95. The lowest BCUT2D eigenvalue weighted by atomic mass is 9.79. The third kappa shape index (κ3) is 3.46. The first-order valence-electron chi connectivity index (χ1n) is 8.38. The van der Waals surface area contributed by atoms with E-state index in [1.54, 1.807) is 25.3 Å². The van der Waals surface area contributed by atoms with Crippen LogP contribution in [0.5, 0.6) is 11.5 Å². The Labute approximate surface area is 147 Å². The average molecular weight is 341 g/mol. The summed E-state index contributed by atoms with van der Waals surface area (Å²) in [4.78, 5) is 12.5. The summed E-state index contributed by atoms with van der Waals surface area (Å²) < 4.78 is 10.4. The molecule has 25 heavy (non-hydrogen) atoms. The number of rotatable bonds is 5. The van der Waals surface area contributed by atoms with Gasteiger partial charge in [-0.15, -0.1) is 0 Å². The van der Waals surface area contributed by atoms with Crippen LogP contribution in [0.15, 0.2) is 42.5 Å². The fourth-order valence-corrected chi connectivity index (χ4v) is 3.39. The van der Waals surface area contributed by atoms with Gasteiger partial charge in [0.05, 0.1) is 20.8 Å². The highest BCUT2D eigenvalue weighted by Gasteiger charge is 2.34. The van der Waals surface area contributed by atoms with Crippen LogP contribution >= 0.6 is 0 Å². The van der Waals surface area contributed by atoms with Crippen molar-refractivity contribution in [3.05, 3.63) is 59.2 Å². The predicted octanol–water partition coefficient (Wildman–Crippen LogP) is 2.66. The van der Waals surface area contributed by atoms with Crippen molar-refractivity contribution in [1.29, 1.82) is 0 Å². The molecule has 0 saturated heterocycles. The minimum atomic E-state index is -1.03. The SMILES string of the molecule is COc1ccc(C(=O)NCC2(O)CCCc3ccccc32)cc1OC. The summed E-state index contributed by atoms with van der Waals surface area (Å²) in [5.74, 6) is 0.813. The number of carbonyl (C=O) groups excluding carboxylic acids is 1. The van der Waals surface area contributed by atoms with Crippen LogP contribution in [0.1, 0.15) is 34.3 Å². The number of nitrogens with one attached hydrogen (secondary N) is 1. The van der Waals surface area contributed by atoms with Gasteiger partial charge >= 0.3 is 0 Å². The molecule has 0 bridgehead atoms. The molecule has 1 amide bonds. The number of aliphatic hydroxyl groups is 1. The molecule has 5 heteroatoms. The molecule has 132 valence electrons. The Morgan fingerprint density at radius 1 is 1.16 bits per heavy atom. The number of hydrogen-bond acceptors (Lipinski definition) is 4. The van der Waals surface area contributed by atoms with E-state index in [1.807, 2.05) is 24.3 Å². The number of benzene rings is 2. The fourth-order valence-electron chi connectivity index (χ4n) is 3.39. The van der Waals surface area contributed by atoms with E-state index in [0.29, 0.717) is 23.5 Å². The molecule has 0 fully saturated rings. The summed E-state index contributed by atoms with van der Waals surface area (Å²) in [7, 11) is 3.08. The van der Waals surface area contributed by atoms with Crippen LogP contribution < -0.4 is 14.8 Å². The Balaban J connectivity index is 1.75. The van der Waals surface area contributed by atoms with Crippen molar-refractivity contribution in [3.63, 3.8) is 0 Å². The topological polar surface area (TPSA) is 67.8 Å². The van der Waals surface area contributed by atoms with Crippen LogP contribution in [0.2, 0.25) is 0 Å². The van der Waals surface area contributed by atoms with Gasteiger partial charge in [0.2, 0.25) is 0 Å². The number of ether oxygens (including phenoxy) is 2. The lowest BCUT2D eigenvalue weighted by molar-refractivity contribution is 0.0189. The van der Waals surface area contributed by atoms with Crippen molar-refractivity contribution in [2.75, 3.05) is 20.8 Å². The van der Waals surface area contributed by atoms with Gasteiger partial charge in [-0.1, -0.05) is 24.3 Å². The van der Waals surface area contributed by atoms with Crippen LogP contribution in [0.25, 0.3) is 0 Å². The van der Waals surface area contributed by atoms with E-state index >= 15 is 0 Å². The van der Waals surface area contributed by atoms with Gasteiger partial charge in [-0.25, -0.2) is 0 Å². The zero-order chi connectivity index (χ0) is 17.9. The Morgan fingerprint density at radius 3 is 2.68 bits per heavy atom. The number of amides is 1. The van der Waals surface area contributed by atoms with Crippen molar-refractivity contribution in [2.24, 2.45) is 0 Å². The monoisotopic (exact) mass is 341 g/mol. The summed E-state index contributed by atoms with van der Waals surface area (Å²) in [6, 6.07) is 12.9. The average Bonchev–Trinajstić information content (AvgIpc) is 2.66. The maximum absolute atomic E-state index is 12.5. The van der Waals surface area contributed by atoms with Gasteiger partial charge in [0.15, 0.2) is 11.5 Å². The summed E-state index contributed by atoms with van der Waals surface area (Å²) in [5.41, 5.74) is 1.50. The van der Waals surface area contributed by atoms with Crippen molar-refractivity contribution < 1.29 is 19.4 Å². The quantitative estimate of drug-likeness (QED) is 0.877. The summed E-state index contributed by atoms with van der Waals surface area (Å²) >= 11 is 0. The fraction of sp³-hybridized carbons (Fsp3) is 0.350. The van der Waals surface area contributed by atoms with Gasteiger partial charge in [0.1, 0.15) is 5.60 Å². The lowest BCUT2D eigenvalue weighted by Gasteiger charge is -2.34. The second kappa shape index (κ2) is 7.15. The predicted molar refractivity (Wildman–Crippen MR) is 95.2 cm³/mol. The standard InChI is InChI=1S/C20H23NO4/c1-24-17-10-9-15(12-18(17)25-2)19(22)21-13-20(23)11-5-7-14-6-3-4-8-16(14)20/h3-4,6,8-10,12,23H,5,7,11,13H2,1-2H3,(H,21,22). The van der Waals surface area contributed by atoms with Crippen LogP contribution in [0, 0.1) is 0 Å². The van der Waals surface area contributed by atoms with Crippen molar-refractivity contribution in [3.8, 4) is 11.5 Å². The Kier molecular flexibility index (Phi) is 4.95. The summed E-state index contributed by atoms with van der Waals surface area (Å²) in [5, 5.41) is 13.9. The van der Waals surface area contributed by atoms with E-state index in [2.05, 4.69) is 5.32 Å². The molecule has 0 aromatic heterocycles. The molecule has 1 aliphatic rings. The molecule has 1 unspecified atom stereocenters. The molecule has 0 spiro atoms. The minimum absolute atomic E-state index is 0.178. The van der Waals surface area contributed by atoms with Gasteiger partial charge in [0, 0.05) is 5.56 Å². The van der Waals surface area contributed by atoms with E-state index < -0.39 is 5.60 Å². The second-order valence-electron chi connectivity index (χ2n) is 6.29. The zero-order valence-electron chi connectivity index (χ0n) is 14.5. The van der Waals surface area contributed by atoms with Crippen molar-refractivity contribution in [2.45, 2.75) is 24.9 Å². The number of methoxy groups -OCH3 is 2. The number of carbonyl (C=O) groups is 1. The molecule has 5 nitrogen and oxygen atoms in total. The maximum Gasteiger partial charge on any atom is 0.251 e. The van der Waals surface area contributed by atoms with E-state index in [-0.39, 0.29) is 12.5 Å². The lowest BCUT2D eigenvalue weighted by Crippen LogP contribution is -2.43. The molecule has 2 N–H and O–H groups in total. The third-order valence-electron chi connectivity index (χ3n) is 4.74. The van der Waals surface area contributed by atoms with Crippen LogP contribution in [0.4, 0.5) is 0 Å². The molecule has 1 atom stereocenters. The van der Waals surface area contributed by atoms with Crippen LogP contribution in [-0.4, -0.2) is 31.8 Å². The first kappa shape index (κ1) is 17.3. The highest BCUT2D eigenvalue weighted by atomic mass is 16.5. The molecule has 2 aromatic carbocycles. The van der Waals surface area contributed by atoms with Crippen molar-refractivity contribution >= 4 is 5.91 Å². The smallest absolute Gasteiger partial charge is 0.251 e. The first-order valence-corrected chi connectivity index (χ1v) is 8.38. The Hall–Kier alpha value is -2.53. The highest BCUT2D eigenvalue weighted by Crippen LogP contribution is 2.35. The van der Waals surface area contributed by atoms with Gasteiger partial charge in [-0.3, -0.25) is 4.79 Å². The maximum atomic E-state index is 12.5. The minimum Gasteiger partial charge on any atom is -0.493 e. The largest absolute Gasteiger partial charge is 0.493 e. The van der Waals surface area contributed by atoms with E-state index in [0.717, 1.165) is 24.0 Å². The summed E-state index contributed by atoms with van der Waals surface area (Å²) in [6.45, 7) is 0.178. The molecule has 2 aromatic rings. The molecule has 1 aliphatic carbocycles. The molecule has 0 saturated carbocycles. The normalized spacial score (nSPS) is 19.0. The number of aryl methyl sites for hydroxylation is 1. The molecule has 0 radical (unpaired) electrons. The molecular formula is C20H23NO4. The summed E-state index contributed by atoms with van der Waals surface area (Å²) in [6.07, 6.45) is 2.50. The van der Waals surface area contributed by atoms with Gasteiger partial charge in [-0.2, -0.15) is 0 Å². The van der Waals surface area contributed by atoms with E-state index in [9.17, 15) is 9.90 Å². The van der Waals surface area contributed by atoms with Crippen LogP contribution in [0.3, 0.4) is 0 Å². The van der Waals surface area contributed by atoms with Gasteiger partial charge in [-0.05, 0) is 48.6 Å². The van der Waals surface area contributed by atoms with Crippen LogP contribution in [-0.2, 0) is 12.0 Å². The first-order chi connectivity index (χ1) is 12.1. The van der Waals surface area contributed by atoms with Gasteiger partial charge in [0.25, 0.3) is 5.91 Å². The van der Waals surface area contributed by atoms with E-state index in [4.69, 9.17) is 9.47 Å². The van der Waals surface area contributed by atoms with Crippen molar-refractivity contribution in [1.82, 2.24) is 5.32 Å². The zero-order valence-corrected chi connectivity index (χ0v) is 14.5. The third-order valence-corrected chi connectivity index (χ3v) is 4.74. The Morgan fingerprint density at radius 2 is 1.92 bits per heavy atom. The second-order valence-corrected chi connectivity index (χ2v) is 6.29. The van der Waals surface area contributed by atoms with E-state index in [1.165, 1.54) is 7.11 Å². The number of fused-ring (bicyclic) bond motifs is 1. The molecule has 0 heterocycles. The molecular weight excluding hydrogens is 318 g/mol.